The molecule has 22 heavy (non-hydrogen) atoms. The summed E-state index contributed by atoms with van der Waals surface area (Å²) in [6.07, 6.45) is 0.789. The number of carbonyl (C=O) groups is 1. The summed E-state index contributed by atoms with van der Waals surface area (Å²) in [4.78, 5) is 10.8. The minimum atomic E-state index is -2.51. The van der Waals surface area contributed by atoms with Crippen LogP contribution in [0.1, 0.15) is 13.3 Å². The van der Waals surface area contributed by atoms with E-state index in [0.29, 0.717) is 12.7 Å². The van der Waals surface area contributed by atoms with Gasteiger partial charge in [0, 0.05) is 0 Å². The molecule has 8 heteroatoms. The zero-order valence-corrected chi connectivity index (χ0v) is 20.1. The van der Waals surface area contributed by atoms with Gasteiger partial charge >= 0.3 is 146 Å². The molecule has 0 fully saturated rings. The second-order valence-corrected chi connectivity index (χ2v) is 13.2. The van der Waals surface area contributed by atoms with E-state index in [0.717, 1.165) is 15.2 Å². The molecule has 1 aromatic rings. The van der Waals surface area contributed by atoms with Crippen molar-refractivity contribution in [1.29, 1.82) is 0 Å². The molecule has 0 bridgehead atoms. The van der Waals surface area contributed by atoms with Gasteiger partial charge in [-0.05, 0) is 0 Å². The van der Waals surface area contributed by atoms with Gasteiger partial charge in [-0.15, -0.1) is 0 Å². The Morgan fingerprint density at radius 1 is 1.09 bits per heavy atom. The normalized spacial score (nSPS) is 10.9. The van der Waals surface area contributed by atoms with Crippen LogP contribution in [0, 0.1) is 0 Å². The van der Waals surface area contributed by atoms with Crippen molar-refractivity contribution in [3.63, 3.8) is 0 Å². The molecule has 0 aliphatic rings. The quantitative estimate of drug-likeness (QED) is 0.348. The molecule has 6 nitrogen and oxygen atoms in total. The fraction of sp³-hybridized carbons (Fsp3) is 0.500. The molecule has 0 aliphatic carbocycles. The third-order valence-electron chi connectivity index (χ3n) is 3.19. The molecule has 0 N–H and O–H groups in total. The molecular weight excluding hydrogens is 493 g/mol. The summed E-state index contributed by atoms with van der Waals surface area (Å²) in [5.41, 5.74) is 0. The van der Waals surface area contributed by atoms with E-state index < -0.39 is 33.8 Å². The first kappa shape index (κ1) is 19.6. The average molecular weight is 515 g/mol. The van der Waals surface area contributed by atoms with Crippen molar-refractivity contribution >= 4 is 17.8 Å². The second kappa shape index (κ2) is 10.3. The van der Waals surface area contributed by atoms with Crippen LogP contribution in [0.4, 0.5) is 0 Å². The van der Waals surface area contributed by atoms with Crippen LogP contribution in [0.2, 0.25) is 6.04 Å². The molecule has 1 aromatic carbocycles. The number of carbonyl (C=O) groups excluding carboxylic acids is 1. The predicted molar refractivity (Wildman–Crippen MR) is 79.5 cm³/mol. The average Bonchev–Trinajstić information content (AvgIpc) is 2.55. The molecule has 0 aromatic heterocycles. The summed E-state index contributed by atoms with van der Waals surface area (Å²) in [6, 6.07) is 8.47. The number of ether oxygens (including phenoxy) is 1. The summed E-state index contributed by atoms with van der Waals surface area (Å²) in [5.74, 6) is 0.614. The van der Waals surface area contributed by atoms with Crippen LogP contribution in [0.25, 0.3) is 0 Å². The van der Waals surface area contributed by atoms with Crippen LogP contribution in [-0.2, 0) is 45.7 Å². The van der Waals surface area contributed by atoms with Crippen LogP contribution >= 0.6 is 0 Å². The van der Waals surface area contributed by atoms with Crippen LogP contribution in [-0.4, -0.2) is 42.7 Å². The third kappa shape index (κ3) is 6.74. The van der Waals surface area contributed by atoms with Crippen molar-refractivity contribution in [2.75, 3.05) is 27.9 Å². The van der Waals surface area contributed by atoms with Crippen molar-refractivity contribution in [2.45, 2.75) is 19.4 Å². The van der Waals surface area contributed by atoms with Gasteiger partial charge in [0.1, 0.15) is 0 Å². The Morgan fingerprint density at radius 3 is 2.18 bits per heavy atom. The zero-order valence-electron chi connectivity index (χ0n) is 13.6. The van der Waals surface area contributed by atoms with Gasteiger partial charge in [0.05, 0.1) is 0 Å². The van der Waals surface area contributed by atoms with Crippen LogP contribution in [0.15, 0.2) is 24.3 Å². The minimum absolute atomic E-state index is 0.191. The van der Waals surface area contributed by atoms with E-state index >= 15 is 0 Å². The molecule has 0 heterocycles. The summed E-state index contributed by atoms with van der Waals surface area (Å²) in [5, 5.41) is 0. The van der Waals surface area contributed by atoms with E-state index in [4.69, 9.17) is 20.7 Å². The number of hydrogen-bond acceptors (Lipinski definition) is 6. The third-order valence-corrected chi connectivity index (χ3v) is 11.3. The van der Waals surface area contributed by atoms with Gasteiger partial charge < -0.3 is 0 Å². The fourth-order valence-corrected chi connectivity index (χ4v) is 6.69. The van der Waals surface area contributed by atoms with E-state index in [2.05, 4.69) is 0 Å². The Bertz CT molecular complexity index is 441. The van der Waals surface area contributed by atoms with Gasteiger partial charge in [-0.1, -0.05) is 0 Å². The molecule has 1 rings (SSSR count). The van der Waals surface area contributed by atoms with Gasteiger partial charge in [0.15, 0.2) is 0 Å². The van der Waals surface area contributed by atoms with Crippen molar-refractivity contribution in [2.24, 2.45) is 0 Å². The van der Waals surface area contributed by atoms with Gasteiger partial charge in [-0.3, -0.25) is 0 Å². The van der Waals surface area contributed by atoms with Gasteiger partial charge in [-0.25, -0.2) is 0 Å². The summed E-state index contributed by atoms with van der Waals surface area (Å²) >= 11 is -1.73. The molecule has 0 saturated heterocycles. The summed E-state index contributed by atoms with van der Waals surface area (Å²) in [6.45, 7) is 2.01. The van der Waals surface area contributed by atoms with Crippen LogP contribution < -0.4 is 7.81 Å². The maximum absolute atomic E-state index is 10.8. The zero-order chi connectivity index (χ0) is 16.4. The molecule has 0 aliphatic heterocycles. The first-order valence-corrected chi connectivity index (χ1v) is 14.0. The molecule has 0 radical (unpaired) electrons. The number of hydrogen-bond donors (Lipinski definition) is 0. The van der Waals surface area contributed by atoms with Crippen molar-refractivity contribution in [1.82, 2.24) is 0 Å². The van der Waals surface area contributed by atoms with Gasteiger partial charge in [0.2, 0.25) is 0 Å². The van der Waals surface area contributed by atoms with Crippen LogP contribution in [0.3, 0.4) is 0 Å². The van der Waals surface area contributed by atoms with Crippen LogP contribution in [0.5, 0.6) is 5.75 Å². The molecule has 0 unspecified atom stereocenters. The van der Waals surface area contributed by atoms with Crippen molar-refractivity contribution in [3.05, 3.63) is 24.3 Å². The summed E-state index contributed by atoms with van der Waals surface area (Å²) in [7, 11) is 2.31. The maximum atomic E-state index is 10.8. The molecule has 0 amide bonds. The Hall–Kier alpha value is -0.478. The Kier molecular flexibility index (Phi) is 9.18. The van der Waals surface area contributed by atoms with Gasteiger partial charge in [0.25, 0.3) is 0 Å². The van der Waals surface area contributed by atoms with E-state index in [-0.39, 0.29) is 5.97 Å². The van der Waals surface area contributed by atoms with Gasteiger partial charge in [-0.2, -0.15) is 0 Å². The van der Waals surface area contributed by atoms with Crippen molar-refractivity contribution < 1.29 is 50.5 Å². The molecule has 0 saturated carbocycles. The number of benzene rings is 1. The molecule has 0 atom stereocenters. The van der Waals surface area contributed by atoms with Crippen molar-refractivity contribution in [3.8, 4) is 5.75 Å². The van der Waals surface area contributed by atoms with E-state index in [1.807, 2.05) is 24.3 Å². The topological polar surface area (TPSA) is 63.2 Å². The fourth-order valence-electron chi connectivity index (χ4n) is 1.90. The summed E-state index contributed by atoms with van der Waals surface area (Å²) < 4.78 is 28.0. The Balaban J connectivity index is 2.34. The first-order valence-electron chi connectivity index (χ1n) is 7.06. The second-order valence-electron chi connectivity index (χ2n) is 4.67. The SMILES string of the molecule is CO[Si](CCCOc1cc[c]([Hg][O]C(C)=O)cc1)(OC)OC. The predicted octanol–water partition coefficient (Wildman–Crippen LogP) is 1.52. The Morgan fingerprint density at radius 2 is 1.68 bits per heavy atom. The first-order chi connectivity index (χ1) is 10.5. The number of rotatable bonds is 10. The Labute approximate surface area is 145 Å². The molecular formula is C14H22HgO6Si. The monoisotopic (exact) mass is 516 g/mol. The standard InChI is InChI=1S/C12H19O4Si.C2H4O2.Hg/c1-13-17(14-2,15-3)11-7-10-16-12-8-5-4-6-9-12;1-2(3)4;/h5-6,8-9H,7,10-11H2,1-3H3;1H3,(H,3,4);/q;;+1/p-1. The molecule has 120 valence electrons. The molecule has 0 spiro atoms. The van der Waals surface area contributed by atoms with E-state index in [1.165, 1.54) is 6.92 Å². The van der Waals surface area contributed by atoms with E-state index in [9.17, 15) is 4.79 Å². The van der Waals surface area contributed by atoms with E-state index in [1.54, 1.807) is 21.3 Å².